The molecule has 19 heavy (non-hydrogen) atoms. The lowest BCUT2D eigenvalue weighted by molar-refractivity contribution is 0.0564. The molecule has 0 spiro atoms. The summed E-state index contributed by atoms with van der Waals surface area (Å²) < 4.78 is 29.5. The minimum Gasteiger partial charge on any atom is -0.380 e. The second-order valence-electron chi connectivity index (χ2n) is 5.29. The van der Waals surface area contributed by atoms with Gasteiger partial charge in [-0.1, -0.05) is 13.3 Å². The Morgan fingerprint density at radius 1 is 1.42 bits per heavy atom. The lowest BCUT2D eigenvalue weighted by Gasteiger charge is -2.43. The summed E-state index contributed by atoms with van der Waals surface area (Å²) in [6.45, 7) is 7.27. The first kappa shape index (κ1) is 16.9. The maximum atomic E-state index is 12.0. The average molecular weight is 292 g/mol. The molecule has 114 valence electrons. The maximum Gasteiger partial charge on any atom is 0.152 e. The van der Waals surface area contributed by atoms with Gasteiger partial charge in [-0.3, -0.25) is 4.90 Å². The van der Waals surface area contributed by atoms with Crippen molar-refractivity contribution in [2.45, 2.75) is 43.9 Å². The Kier molecular flexibility index (Phi) is 6.23. The second kappa shape index (κ2) is 7.02. The van der Waals surface area contributed by atoms with Crippen LogP contribution in [0, 0.1) is 0 Å². The summed E-state index contributed by atoms with van der Waals surface area (Å²) in [6.07, 6.45) is 3.85. The Labute approximate surface area is 117 Å². The van der Waals surface area contributed by atoms with Crippen LogP contribution in [-0.4, -0.2) is 63.2 Å². The van der Waals surface area contributed by atoms with Crippen molar-refractivity contribution in [2.24, 2.45) is 5.73 Å². The Balaban J connectivity index is 2.93. The smallest absolute Gasteiger partial charge is 0.152 e. The zero-order chi connectivity index (χ0) is 14.5. The number of nitrogens with zero attached hydrogens (tertiary/aromatic N) is 1. The quantitative estimate of drug-likeness (QED) is 0.665. The Morgan fingerprint density at radius 3 is 2.58 bits per heavy atom. The van der Waals surface area contributed by atoms with E-state index in [9.17, 15) is 8.42 Å². The van der Waals surface area contributed by atoms with E-state index < -0.39 is 15.4 Å². The van der Waals surface area contributed by atoms with Crippen LogP contribution in [0.5, 0.6) is 0 Å². The standard InChI is InChI=1S/C13H28N2O3S/c1-4-15(9-10-18-5-2)13(11-14)8-6-7-12(13)19(3,16)17/h12H,4-11,14H2,1-3H3. The van der Waals surface area contributed by atoms with E-state index in [4.69, 9.17) is 10.5 Å². The van der Waals surface area contributed by atoms with Gasteiger partial charge in [0.15, 0.2) is 9.84 Å². The van der Waals surface area contributed by atoms with E-state index in [1.54, 1.807) is 0 Å². The molecule has 2 unspecified atom stereocenters. The molecule has 0 heterocycles. The van der Waals surface area contributed by atoms with Crippen LogP contribution in [0.25, 0.3) is 0 Å². The van der Waals surface area contributed by atoms with Gasteiger partial charge in [-0.25, -0.2) is 8.42 Å². The van der Waals surface area contributed by atoms with E-state index in [2.05, 4.69) is 11.8 Å². The summed E-state index contributed by atoms with van der Waals surface area (Å²) in [4.78, 5) is 2.21. The van der Waals surface area contributed by atoms with Crippen LogP contribution in [0.2, 0.25) is 0 Å². The molecule has 0 aromatic heterocycles. The highest BCUT2D eigenvalue weighted by Gasteiger charge is 2.50. The van der Waals surface area contributed by atoms with Crippen molar-refractivity contribution in [3.05, 3.63) is 0 Å². The van der Waals surface area contributed by atoms with Crippen LogP contribution >= 0.6 is 0 Å². The third-order valence-electron chi connectivity index (χ3n) is 4.27. The van der Waals surface area contributed by atoms with Gasteiger partial charge in [-0.05, 0) is 26.3 Å². The second-order valence-corrected chi connectivity index (χ2v) is 7.52. The number of hydrogen-bond donors (Lipinski definition) is 1. The number of ether oxygens (including phenoxy) is 1. The topological polar surface area (TPSA) is 72.6 Å². The van der Waals surface area contributed by atoms with E-state index in [-0.39, 0.29) is 5.25 Å². The molecule has 1 aliphatic rings. The van der Waals surface area contributed by atoms with Crippen LogP contribution in [0.15, 0.2) is 0 Å². The molecule has 2 atom stereocenters. The van der Waals surface area contributed by atoms with E-state index >= 15 is 0 Å². The summed E-state index contributed by atoms with van der Waals surface area (Å²) >= 11 is 0. The molecule has 0 aliphatic heterocycles. The van der Waals surface area contributed by atoms with Gasteiger partial charge in [0.1, 0.15) is 0 Å². The molecule has 1 aliphatic carbocycles. The molecule has 1 rings (SSSR count). The first-order valence-corrected chi connectivity index (χ1v) is 9.09. The fraction of sp³-hybridized carbons (Fsp3) is 1.00. The summed E-state index contributed by atoms with van der Waals surface area (Å²) in [5, 5.41) is -0.341. The Hall–Kier alpha value is -0.170. The van der Waals surface area contributed by atoms with E-state index in [0.29, 0.717) is 19.8 Å². The van der Waals surface area contributed by atoms with Gasteiger partial charge in [-0.2, -0.15) is 0 Å². The van der Waals surface area contributed by atoms with E-state index in [1.807, 2.05) is 6.92 Å². The van der Waals surface area contributed by atoms with Gasteiger partial charge in [0, 0.05) is 31.5 Å². The molecular weight excluding hydrogens is 264 g/mol. The summed E-state index contributed by atoms with van der Waals surface area (Å²) in [6, 6.07) is 0. The average Bonchev–Trinajstić information content (AvgIpc) is 2.79. The molecule has 0 bridgehead atoms. The number of sulfone groups is 1. The minimum atomic E-state index is -3.07. The SMILES string of the molecule is CCOCCN(CC)C1(CN)CCCC1S(C)(=O)=O. The predicted molar refractivity (Wildman–Crippen MR) is 78.0 cm³/mol. The lowest BCUT2D eigenvalue weighted by atomic mass is 9.94. The first-order chi connectivity index (χ1) is 8.92. The molecule has 2 N–H and O–H groups in total. The molecular formula is C13H28N2O3S. The molecule has 0 saturated heterocycles. The fourth-order valence-corrected chi connectivity index (χ4v) is 5.13. The van der Waals surface area contributed by atoms with Gasteiger partial charge in [-0.15, -0.1) is 0 Å². The Morgan fingerprint density at radius 2 is 2.11 bits per heavy atom. The summed E-state index contributed by atoms with van der Waals surface area (Å²) in [5.74, 6) is 0. The monoisotopic (exact) mass is 292 g/mol. The molecule has 0 radical (unpaired) electrons. The number of nitrogens with two attached hydrogens (primary N) is 1. The van der Waals surface area contributed by atoms with Gasteiger partial charge in [0.2, 0.25) is 0 Å². The number of hydrogen-bond acceptors (Lipinski definition) is 5. The van der Waals surface area contributed by atoms with Crippen LogP contribution in [0.3, 0.4) is 0 Å². The highest BCUT2D eigenvalue weighted by Crippen LogP contribution is 2.38. The lowest BCUT2D eigenvalue weighted by Crippen LogP contribution is -2.61. The van der Waals surface area contributed by atoms with Crippen molar-refractivity contribution in [3.63, 3.8) is 0 Å². The van der Waals surface area contributed by atoms with Gasteiger partial charge < -0.3 is 10.5 Å². The normalized spacial score (nSPS) is 28.2. The maximum absolute atomic E-state index is 12.0. The van der Waals surface area contributed by atoms with Gasteiger partial charge >= 0.3 is 0 Å². The summed E-state index contributed by atoms with van der Waals surface area (Å²) in [5.41, 5.74) is 5.59. The zero-order valence-electron chi connectivity index (χ0n) is 12.4. The van der Waals surface area contributed by atoms with Crippen molar-refractivity contribution < 1.29 is 13.2 Å². The van der Waals surface area contributed by atoms with Gasteiger partial charge in [0.25, 0.3) is 0 Å². The molecule has 0 amide bonds. The largest absolute Gasteiger partial charge is 0.380 e. The van der Waals surface area contributed by atoms with Gasteiger partial charge in [0.05, 0.1) is 11.9 Å². The zero-order valence-corrected chi connectivity index (χ0v) is 13.2. The van der Waals surface area contributed by atoms with Crippen LogP contribution in [0.1, 0.15) is 33.1 Å². The van der Waals surface area contributed by atoms with Crippen molar-refractivity contribution >= 4 is 9.84 Å². The highest BCUT2D eigenvalue weighted by atomic mass is 32.2. The van der Waals surface area contributed by atoms with E-state index in [1.165, 1.54) is 6.26 Å². The van der Waals surface area contributed by atoms with Crippen LogP contribution in [-0.2, 0) is 14.6 Å². The van der Waals surface area contributed by atoms with Crippen molar-refractivity contribution in [1.82, 2.24) is 4.90 Å². The molecule has 6 heteroatoms. The van der Waals surface area contributed by atoms with Crippen LogP contribution in [0.4, 0.5) is 0 Å². The Bertz CT molecular complexity index is 372. The predicted octanol–water partition coefficient (Wildman–Crippen LogP) is 0.639. The molecule has 1 fully saturated rings. The van der Waals surface area contributed by atoms with Crippen LogP contribution < -0.4 is 5.73 Å². The third-order valence-corrected chi connectivity index (χ3v) is 5.97. The highest BCUT2D eigenvalue weighted by molar-refractivity contribution is 7.91. The minimum absolute atomic E-state index is 0.341. The van der Waals surface area contributed by atoms with Crippen molar-refractivity contribution in [3.8, 4) is 0 Å². The molecule has 0 aromatic rings. The fourth-order valence-electron chi connectivity index (χ4n) is 3.37. The number of rotatable bonds is 8. The third kappa shape index (κ3) is 3.68. The van der Waals surface area contributed by atoms with Crippen molar-refractivity contribution in [2.75, 3.05) is 39.1 Å². The molecule has 1 saturated carbocycles. The van der Waals surface area contributed by atoms with Crippen molar-refractivity contribution in [1.29, 1.82) is 0 Å². The summed E-state index contributed by atoms with van der Waals surface area (Å²) in [7, 11) is -3.07. The first-order valence-electron chi connectivity index (χ1n) is 7.14. The van der Waals surface area contributed by atoms with E-state index in [0.717, 1.165) is 32.4 Å². The number of likely N-dealkylation sites (N-methyl/N-ethyl adjacent to an activating group) is 1. The molecule has 0 aromatic carbocycles. The molecule has 5 nitrogen and oxygen atoms in total.